The van der Waals surface area contributed by atoms with Crippen LogP contribution >= 0.6 is 0 Å². The summed E-state index contributed by atoms with van der Waals surface area (Å²) in [5.41, 5.74) is 0. The summed E-state index contributed by atoms with van der Waals surface area (Å²) < 4.78 is 37.1. The molecule has 0 radical (unpaired) electrons. The number of hydrogen-bond donors (Lipinski definition) is 2. The van der Waals surface area contributed by atoms with Gasteiger partial charge in [0.15, 0.2) is 17.6 Å². The standard InChI is InChI=1S/C21H32F2N4O2/c1-2-24-21(25-8-12-29-18-3-4-19(22)20(23)13-18)26-17-5-9-27(10-6-17)14-16-7-11-28-15-16/h3-4,13,16-17H,2,5-12,14-15H2,1H3,(H2,24,25,26). The Morgan fingerprint density at radius 3 is 2.76 bits per heavy atom. The molecule has 6 nitrogen and oxygen atoms in total. The molecule has 2 N–H and O–H groups in total. The molecule has 29 heavy (non-hydrogen) atoms. The van der Waals surface area contributed by atoms with E-state index in [1.807, 2.05) is 6.92 Å². The first-order chi connectivity index (χ1) is 14.1. The topological polar surface area (TPSA) is 58.1 Å². The van der Waals surface area contributed by atoms with E-state index >= 15 is 0 Å². The van der Waals surface area contributed by atoms with Crippen molar-refractivity contribution in [1.29, 1.82) is 0 Å². The molecule has 0 amide bonds. The molecule has 0 bridgehead atoms. The lowest BCUT2D eigenvalue weighted by atomic mass is 10.0. The largest absolute Gasteiger partial charge is 0.492 e. The average Bonchev–Trinajstić information content (AvgIpc) is 3.22. The molecular formula is C21H32F2N4O2. The first-order valence-corrected chi connectivity index (χ1v) is 10.6. The number of rotatable bonds is 8. The molecule has 1 aromatic carbocycles. The number of nitrogens with one attached hydrogen (secondary N) is 2. The third-order valence-corrected chi connectivity index (χ3v) is 5.33. The van der Waals surface area contributed by atoms with Crippen LogP contribution in [0.1, 0.15) is 26.2 Å². The van der Waals surface area contributed by atoms with Crippen molar-refractivity contribution in [2.45, 2.75) is 32.2 Å². The molecule has 3 rings (SSSR count). The highest BCUT2D eigenvalue weighted by Crippen LogP contribution is 2.18. The summed E-state index contributed by atoms with van der Waals surface area (Å²) in [4.78, 5) is 7.08. The summed E-state index contributed by atoms with van der Waals surface area (Å²) in [6.45, 7) is 8.66. The quantitative estimate of drug-likeness (QED) is 0.392. The van der Waals surface area contributed by atoms with Crippen LogP contribution in [0, 0.1) is 17.6 Å². The molecule has 2 saturated heterocycles. The van der Waals surface area contributed by atoms with Gasteiger partial charge in [-0.25, -0.2) is 13.8 Å². The molecule has 162 valence electrons. The van der Waals surface area contributed by atoms with Gasteiger partial charge in [-0.2, -0.15) is 0 Å². The number of piperidine rings is 1. The summed E-state index contributed by atoms with van der Waals surface area (Å²) in [5.74, 6) is -0.0291. The molecule has 1 atom stereocenters. The van der Waals surface area contributed by atoms with Crippen LogP contribution in [0.2, 0.25) is 0 Å². The normalized spacial score (nSPS) is 21.3. The Bertz CT molecular complexity index is 660. The van der Waals surface area contributed by atoms with Crippen molar-refractivity contribution < 1.29 is 18.3 Å². The summed E-state index contributed by atoms with van der Waals surface area (Å²) in [5, 5.41) is 6.77. The van der Waals surface area contributed by atoms with Crippen LogP contribution in [0.4, 0.5) is 8.78 Å². The van der Waals surface area contributed by atoms with Gasteiger partial charge >= 0.3 is 0 Å². The van der Waals surface area contributed by atoms with E-state index in [1.165, 1.54) is 12.5 Å². The minimum absolute atomic E-state index is 0.295. The number of ether oxygens (including phenoxy) is 2. The second-order valence-corrected chi connectivity index (χ2v) is 7.63. The number of likely N-dealkylation sites (tertiary alicyclic amines) is 1. The van der Waals surface area contributed by atoms with Crippen LogP contribution in [0.15, 0.2) is 23.2 Å². The van der Waals surface area contributed by atoms with Gasteiger partial charge in [-0.3, -0.25) is 0 Å². The Kier molecular flexibility index (Phi) is 8.49. The summed E-state index contributed by atoms with van der Waals surface area (Å²) >= 11 is 0. The lowest BCUT2D eigenvalue weighted by molar-refractivity contribution is 0.150. The fourth-order valence-corrected chi connectivity index (χ4v) is 3.75. The number of hydrogen-bond acceptors (Lipinski definition) is 4. The molecular weight excluding hydrogens is 378 g/mol. The molecule has 0 saturated carbocycles. The van der Waals surface area contributed by atoms with Crippen LogP contribution in [0.25, 0.3) is 0 Å². The Morgan fingerprint density at radius 2 is 2.07 bits per heavy atom. The Hall–Kier alpha value is -1.93. The van der Waals surface area contributed by atoms with Crippen molar-refractivity contribution in [1.82, 2.24) is 15.5 Å². The van der Waals surface area contributed by atoms with Crippen molar-refractivity contribution in [3.63, 3.8) is 0 Å². The predicted octanol–water partition coefficient (Wildman–Crippen LogP) is 2.40. The maximum atomic E-state index is 13.2. The van der Waals surface area contributed by atoms with E-state index in [0.717, 1.165) is 70.3 Å². The van der Waals surface area contributed by atoms with Gasteiger partial charge in [0.1, 0.15) is 12.4 Å². The van der Waals surface area contributed by atoms with E-state index in [9.17, 15) is 8.78 Å². The maximum absolute atomic E-state index is 13.2. The lowest BCUT2D eigenvalue weighted by Gasteiger charge is -2.34. The molecule has 0 spiro atoms. The predicted molar refractivity (Wildman–Crippen MR) is 109 cm³/mol. The SMILES string of the molecule is CCNC(=NCCOc1ccc(F)c(F)c1)NC1CCN(CC2CCOC2)CC1. The molecule has 1 unspecified atom stereocenters. The molecule has 2 heterocycles. The molecule has 2 aliphatic rings. The van der Waals surface area contributed by atoms with Crippen LogP contribution < -0.4 is 15.4 Å². The number of guanidine groups is 1. The van der Waals surface area contributed by atoms with Crippen molar-refractivity contribution >= 4 is 5.96 Å². The third kappa shape index (κ3) is 7.12. The smallest absolute Gasteiger partial charge is 0.191 e. The number of benzene rings is 1. The van der Waals surface area contributed by atoms with E-state index in [2.05, 4.69) is 20.5 Å². The molecule has 0 aliphatic carbocycles. The van der Waals surface area contributed by atoms with Gasteiger partial charge in [-0.1, -0.05) is 0 Å². The van der Waals surface area contributed by atoms with Gasteiger partial charge in [0.05, 0.1) is 13.2 Å². The van der Waals surface area contributed by atoms with Crippen LogP contribution in [0.5, 0.6) is 5.75 Å². The number of halogens is 2. The van der Waals surface area contributed by atoms with E-state index in [4.69, 9.17) is 9.47 Å². The van der Waals surface area contributed by atoms with Gasteiger partial charge < -0.3 is 25.0 Å². The Balaban J connectivity index is 1.39. The Morgan fingerprint density at radius 1 is 1.24 bits per heavy atom. The average molecular weight is 411 g/mol. The number of aliphatic imine (C=N–C) groups is 1. The fraction of sp³-hybridized carbons (Fsp3) is 0.667. The second-order valence-electron chi connectivity index (χ2n) is 7.63. The molecule has 2 fully saturated rings. The highest BCUT2D eigenvalue weighted by molar-refractivity contribution is 5.80. The van der Waals surface area contributed by atoms with E-state index < -0.39 is 11.6 Å². The van der Waals surface area contributed by atoms with Crippen LogP contribution in [0.3, 0.4) is 0 Å². The van der Waals surface area contributed by atoms with Gasteiger partial charge in [0.25, 0.3) is 0 Å². The fourth-order valence-electron chi connectivity index (χ4n) is 3.75. The van der Waals surface area contributed by atoms with Gasteiger partial charge in [-0.05, 0) is 44.2 Å². The highest BCUT2D eigenvalue weighted by Gasteiger charge is 2.24. The second kappa shape index (κ2) is 11.3. The number of nitrogens with zero attached hydrogens (tertiary/aromatic N) is 2. The zero-order chi connectivity index (χ0) is 20.5. The third-order valence-electron chi connectivity index (χ3n) is 5.33. The monoisotopic (exact) mass is 410 g/mol. The van der Waals surface area contributed by atoms with Crippen molar-refractivity contribution in [3.8, 4) is 5.75 Å². The lowest BCUT2D eigenvalue weighted by Crippen LogP contribution is -2.49. The molecule has 8 heteroatoms. The zero-order valence-corrected chi connectivity index (χ0v) is 17.1. The highest BCUT2D eigenvalue weighted by atomic mass is 19.2. The van der Waals surface area contributed by atoms with Crippen molar-refractivity contribution in [2.75, 3.05) is 52.5 Å². The van der Waals surface area contributed by atoms with Gasteiger partial charge in [0, 0.05) is 44.9 Å². The summed E-state index contributed by atoms with van der Waals surface area (Å²) in [6, 6.07) is 3.92. The van der Waals surface area contributed by atoms with Gasteiger partial charge in [0.2, 0.25) is 0 Å². The minimum atomic E-state index is -0.909. The van der Waals surface area contributed by atoms with E-state index in [-0.39, 0.29) is 0 Å². The van der Waals surface area contributed by atoms with E-state index in [0.29, 0.717) is 30.9 Å². The zero-order valence-electron chi connectivity index (χ0n) is 17.1. The van der Waals surface area contributed by atoms with Crippen LogP contribution in [-0.4, -0.2) is 69.4 Å². The van der Waals surface area contributed by atoms with Crippen molar-refractivity contribution in [3.05, 3.63) is 29.8 Å². The van der Waals surface area contributed by atoms with E-state index in [1.54, 1.807) is 0 Å². The van der Waals surface area contributed by atoms with Crippen LogP contribution in [-0.2, 0) is 4.74 Å². The Labute approximate surface area is 171 Å². The maximum Gasteiger partial charge on any atom is 0.191 e. The summed E-state index contributed by atoms with van der Waals surface area (Å²) in [6.07, 6.45) is 3.36. The molecule has 2 aliphatic heterocycles. The molecule has 0 aromatic heterocycles. The first-order valence-electron chi connectivity index (χ1n) is 10.6. The van der Waals surface area contributed by atoms with Gasteiger partial charge in [-0.15, -0.1) is 0 Å². The summed E-state index contributed by atoms with van der Waals surface area (Å²) in [7, 11) is 0. The molecule has 1 aromatic rings. The minimum Gasteiger partial charge on any atom is -0.492 e. The first kappa shape index (κ1) is 21.8. The van der Waals surface area contributed by atoms with Crippen molar-refractivity contribution in [2.24, 2.45) is 10.9 Å².